The molecule has 0 aromatic rings. The van der Waals surface area contributed by atoms with Gasteiger partial charge in [0.2, 0.25) is 0 Å². The summed E-state index contributed by atoms with van der Waals surface area (Å²) in [6.45, 7) is 7.71. The summed E-state index contributed by atoms with van der Waals surface area (Å²) in [7, 11) is 0. The van der Waals surface area contributed by atoms with Crippen LogP contribution in [0.1, 0.15) is 27.2 Å². The largest absolute Gasteiger partial charge is 0.481 e. The van der Waals surface area contributed by atoms with E-state index in [4.69, 9.17) is 28.8 Å². The lowest BCUT2D eigenvalue weighted by Gasteiger charge is -2.19. The van der Waals surface area contributed by atoms with Crippen LogP contribution in [-0.4, -0.2) is 75.5 Å². The number of hydrogen-bond acceptors (Lipinski definition) is 7. The van der Waals surface area contributed by atoms with E-state index in [2.05, 4.69) is 0 Å². The highest BCUT2D eigenvalue weighted by atomic mass is 16.6. The first-order valence-electron chi connectivity index (χ1n) is 7.56. The first-order valence-corrected chi connectivity index (χ1v) is 7.56. The van der Waals surface area contributed by atoms with E-state index in [9.17, 15) is 9.59 Å². The molecule has 0 atom stereocenters. The van der Waals surface area contributed by atoms with Crippen LogP contribution >= 0.6 is 0 Å². The number of hydrogen-bond donors (Lipinski definition) is 1. The second kappa shape index (κ2) is 13.2. The van der Waals surface area contributed by atoms with Gasteiger partial charge in [0.25, 0.3) is 0 Å². The maximum absolute atomic E-state index is 11.3. The zero-order valence-corrected chi connectivity index (χ0v) is 14.2. The molecule has 0 saturated carbocycles. The summed E-state index contributed by atoms with van der Waals surface area (Å²) in [5.41, 5.74) is -0.508. The lowest BCUT2D eigenvalue weighted by molar-refractivity contribution is -0.160. The monoisotopic (exact) mass is 336 g/mol. The number of ether oxygens (including phenoxy) is 5. The van der Waals surface area contributed by atoms with Crippen LogP contribution in [0.5, 0.6) is 0 Å². The van der Waals surface area contributed by atoms with Crippen LogP contribution in [0.2, 0.25) is 0 Å². The molecule has 0 aromatic heterocycles. The molecule has 0 aromatic carbocycles. The quantitative estimate of drug-likeness (QED) is 0.368. The first-order chi connectivity index (χ1) is 10.8. The molecule has 8 nitrogen and oxygen atoms in total. The molecule has 23 heavy (non-hydrogen) atoms. The van der Waals surface area contributed by atoms with Crippen LogP contribution in [-0.2, 0) is 33.3 Å². The van der Waals surface area contributed by atoms with E-state index in [0.29, 0.717) is 39.6 Å². The summed E-state index contributed by atoms with van der Waals surface area (Å²) in [4.78, 5) is 21.5. The van der Waals surface area contributed by atoms with E-state index in [0.717, 1.165) is 0 Å². The van der Waals surface area contributed by atoms with Gasteiger partial charge < -0.3 is 28.8 Å². The summed E-state index contributed by atoms with van der Waals surface area (Å²) in [5, 5.41) is 8.39. The summed E-state index contributed by atoms with van der Waals surface area (Å²) in [5.74, 6) is -1.28. The van der Waals surface area contributed by atoms with Crippen molar-refractivity contribution in [3.8, 4) is 0 Å². The molecule has 0 spiro atoms. The van der Waals surface area contributed by atoms with E-state index in [1.807, 2.05) is 0 Å². The van der Waals surface area contributed by atoms with Crippen LogP contribution in [0.4, 0.5) is 0 Å². The molecule has 0 aliphatic heterocycles. The van der Waals surface area contributed by atoms with Gasteiger partial charge in [-0.15, -0.1) is 0 Å². The molecule has 0 bridgehead atoms. The van der Waals surface area contributed by atoms with Gasteiger partial charge in [-0.3, -0.25) is 4.79 Å². The standard InChI is InChI=1S/C15H28O8/c1-15(2,3)23-14(18)12-22-11-10-21-9-8-20-7-6-19-5-4-13(16)17/h4-12H2,1-3H3,(H,16,17). The van der Waals surface area contributed by atoms with E-state index in [1.165, 1.54) is 0 Å². The zero-order chi connectivity index (χ0) is 17.6. The van der Waals surface area contributed by atoms with Crippen molar-refractivity contribution in [2.24, 2.45) is 0 Å². The molecule has 0 aliphatic rings. The van der Waals surface area contributed by atoms with Gasteiger partial charge in [-0.2, -0.15) is 0 Å². The normalized spacial score (nSPS) is 11.4. The number of carbonyl (C=O) groups is 2. The smallest absolute Gasteiger partial charge is 0.332 e. The van der Waals surface area contributed by atoms with Crippen molar-refractivity contribution in [2.75, 3.05) is 52.9 Å². The fraction of sp³-hybridized carbons (Fsp3) is 0.867. The Labute approximate surface area is 137 Å². The van der Waals surface area contributed by atoms with Crippen molar-refractivity contribution in [1.82, 2.24) is 0 Å². The number of carboxylic acid groups (broad SMARTS) is 1. The SMILES string of the molecule is CC(C)(C)OC(=O)COCCOCCOCCOCCC(=O)O. The van der Waals surface area contributed by atoms with Gasteiger partial charge in [-0.25, -0.2) is 4.79 Å². The number of carbonyl (C=O) groups excluding carboxylic acids is 1. The molecule has 0 unspecified atom stereocenters. The van der Waals surface area contributed by atoms with Crippen LogP contribution in [0, 0.1) is 0 Å². The predicted molar refractivity (Wildman–Crippen MR) is 81.4 cm³/mol. The Morgan fingerprint density at radius 1 is 0.783 bits per heavy atom. The molecule has 8 heteroatoms. The molecule has 1 N–H and O–H groups in total. The Balaban J connectivity index is 3.19. The van der Waals surface area contributed by atoms with Crippen molar-refractivity contribution in [3.05, 3.63) is 0 Å². The summed E-state index contributed by atoms with van der Waals surface area (Å²) >= 11 is 0. The van der Waals surface area contributed by atoms with Crippen molar-refractivity contribution in [2.45, 2.75) is 32.8 Å². The molecule has 136 valence electrons. The highest BCUT2D eigenvalue weighted by molar-refractivity contribution is 5.71. The lowest BCUT2D eigenvalue weighted by atomic mass is 10.2. The third kappa shape index (κ3) is 18.7. The Morgan fingerprint density at radius 2 is 1.22 bits per heavy atom. The minimum atomic E-state index is -0.881. The molecular weight excluding hydrogens is 308 g/mol. The molecule has 0 heterocycles. The summed E-state index contributed by atoms with van der Waals surface area (Å²) in [6.07, 6.45) is -0.00753. The fourth-order valence-corrected chi connectivity index (χ4v) is 1.35. The number of rotatable bonds is 14. The van der Waals surface area contributed by atoms with Crippen LogP contribution < -0.4 is 0 Å². The zero-order valence-electron chi connectivity index (χ0n) is 14.2. The average Bonchev–Trinajstić information content (AvgIpc) is 2.41. The maximum atomic E-state index is 11.3. The van der Waals surface area contributed by atoms with Gasteiger partial charge in [0, 0.05) is 0 Å². The van der Waals surface area contributed by atoms with Crippen molar-refractivity contribution in [1.29, 1.82) is 0 Å². The first kappa shape index (κ1) is 21.8. The summed E-state index contributed by atoms with van der Waals surface area (Å²) in [6, 6.07) is 0. The highest BCUT2D eigenvalue weighted by Gasteiger charge is 2.15. The minimum Gasteiger partial charge on any atom is -0.481 e. The molecule has 0 fully saturated rings. The molecule has 0 rings (SSSR count). The van der Waals surface area contributed by atoms with Gasteiger partial charge >= 0.3 is 11.9 Å². The molecule has 0 amide bonds. The number of carboxylic acids is 1. The van der Waals surface area contributed by atoms with Crippen LogP contribution in [0.3, 0.4) is 0 Å². The Kier molecular flexibility index (Phi) is 12.5. The van der Waals surface area contributed by atoms with Gasteiger partial charge in [-0.1, -0.05) is 0 Å². The fourth-order valence-electron chi connectivity index (χ4n) is 1.35. The third-order valence-electron chi connectivity index (χ3n) is 2.22. The second-order valence-corrected chi connectivity index (χ2v) is 5.62. The number of esters is 1. The topological polar surface area (TPSA) is 101 Å². The average molecular weight is 336 g/mol. The predicted octanol–water partition coefficient (Wildman–Crippen LogP) is 0.869. The van der Waals surface area contributed by atoms with Gasteiger partial charge in [0.05, 0.1) is 52.7 Å². The Morgan fingerprint density at radius 3 is 1.65 bits per heavy atom. The lowest BCUT2D eigenvalue weighted by Crippen LogP contribution is -2.27. The van der Waals surface area contributed by atoms with E-state index in [1.54, 1.807) is 20.8 Å². The van der Waals surface area contributed by atoms with Crippen LogP contribution in [0.25, 0.3) is 0 Å². The Bertz CT molecular complexity index is 324. The van der Waals surface area contributed by atoms with E-state index in [-0.39, 0.29) is 19.6 Å². The molecule has 0 radical (unpaired) electrons. The van der Waals surface area contributed by atoms with Crippen molar-refractivity contribution < 1.29 is 38.4 Å². The molecule has 0 aliphatic carbocycles. The van der Waals surface area contributed by atoms with Gasteiger partial charge in [-0.05, 0) is 20.8 Å². The van der Waals surface area contributed by atoms with Crippen molar-refractivity contribution in [3.63, 3.8) is 0 Å². The highest BCUT2D eigenvalue weighted by Crippen LogP contribution is 2.06. The summed E-state index contributed by atoms with van der Waals surface area (Å²) < 4.78 is 25.7. The van der Waals surface area contributed by atoms with E-state index < -0.39 is 17.5 Å². The minimum absolute atomic E-state index is 0.00753. The molecular formula is C15H28O8. The van der Waals surface area contributed by atoms with Crippen LogP contribution in [0.15, 0.2) is 0 Å². The maximum Gasteiger partial charge on any atom is 0.332 e. The van der Waals surface area contributed by atoms with Gasteiger partial charge in [0.15, 0.2) is 0 Å². The number of aliphatic carboxylic acids is 1. The van der Waals surface area contributed by atoms with Crippen molar-refractivity contribution >= 4 is 11.9 Å². The second-order valence-electron chi connectivity index (χ2n) is 5.62. The third-order valence-corrected chi connectivity index (χ3v) is 2.22. The Hall–Kier alpha value is -1.22. The molecule has 0 saturated heterocycles. The van der Waals surface area contributed by atoms with Gasteiger partial charge in [0.1, 0.15) is 12.2 Å². The van der Waals surface area contributed by atoms with E-state index >= 15 is 0 Å².